The highest BCUT2D eigenvalue weighted by Crippen LogP contribution is 2.38. The van der Waals surface area contributed by atoms with E-state index in [4.69, 9.17) is 0 Å². The van der Waals surface area contributed by atoms with Crippen molar-refractivity contribution in [2.45, 2.75) is 18.8 Å². The van der Waals surface area contributed by atoms with Crippen LogP contribution in [0, 0.1) is 11.8 Å². The van der Waals surface area contributed by atoms with Crippen molar-refractivity contribution in [2.75, 3.05) is 5.75 Å². The molecule has 0 nitrogen and oxygen atoms in total. The molecule has 0 spiro atoms. The molecule has 0 aromatic heterocycles. The van der Waals surface area contributed by atoms with Gasteiger partial charge in [-0.1, -0.05) is 17.9 Å². The normalized spacial score (nSPS) is 11.9. The molecule has 0 radical (unpaired) electrons. The Morgan fingerprint density at radius 2 is 1.42 bits per heavy atom. The molecule has 1 rings (SSSR count). The lowest BCUT2D eigenvalue weighted by atomic mass is 10.0. The molecule has 0 saturated heterocycles. The van der Waals surface area contributed by atoms with Crippen molar-refractivity contribution < 1.29 is 26.3 Å². The summed E-state index contributed by atoms with van der Waals surface area (Å²) in [4.78, 5) is 0. The first-order chi connectivity index (χ1) is 8.68. The molecule has 1 aromatic carbocycles. The van der Waals surface area contributed by atoms with Crippen molar-refractivity contribution in [3.63, 3.8) is 0 Å². The van der Waals surface area contributed by atoms with Gasteiger partial charge >= 0.3 is 12.4 Å². The summed E-state index contributed by atoms with van der Waals surface area (Å²) >= 11 is 3.79. The summed E-state index contributed by atoms with van der Waals surface area (Å²) in [5.74, 6) is 4.46. The molecule has 0 aliphatic carbocycles. The van der Waals surface area contributed by atoms with E-state index in [1.807, 2.05) is 5.92 Å². The van der Waals surface area contributed by atoms with Crippen LogP contribution in [0.3, 0.4) is 0 Å². The zero-order valence-electron chi connectivity index (χ0n) is 9.36. The van der Waals surface area contributed by atoms with E-state index in [2.05, 4.69) is 18.5 Å². The van der Waals surface area contributed by atoms with E-state index in [0.717, 1.165) is 6.07 Å². The highest BCUT2D eigenvalue weighted by molar-refractivity contribution is 7.80. The Hall–Kier alpha value is -1.29. The number of hydrogen-bond donors (Lipinski definition) is 1. The maximum absolute atomic E-state index is 12.7. The molecule has 0 unspecified atom stereocenters. The van der Waals surface area contributed by atoms with Gasteiger partial charge in [-0.25, -0.2) is 0 Å². The van der Waals surface area contributed by atoms with Gasteiger partial charge in [-0.05, 0) is 12.1 Å². The first-order valence-electron chi connectivity index (χ1n) is 5.05. The summed E-state index contributed by atoms with van der Waals surface area (Å²) in [6, 6.07) is 1.88. The molecule has 0 aliphatic heterocycles. The van der Waals surface area contributed by atoms with E-state index >= 15 is 0 Å². The Bertz CT molecular complexity index is 471. The van der Waals surface area contributed by atoms with Crippen LogP contribution >= 0.6 is 12.6 Å². The standard InChI is InChI=1S/C12H8F6S/c13-11(14,15)9-5-3-6-10(12(16,17)18)8(9)4-1-2-7-19/h3,5-6,19H,2,7H2. The molecule has 0 atom stereocenters. The highest BCUT2D eigenvalue weighted by atomic mass is 32.1. The van der Waals surface area contributed by atoms with Gasteiger partial charge in [0, 0.05) is 17.7 Å². The highest BCUT2D eigenvalue weighted by Gasteiger charge is 2.40. The van der Waals surface area contributed by atoms with Crippen LogP contribution in [0.25, 0.3) is 0 Å². The molecule has 7 heteroatoms. The van der Waals surface area contributed by atoms with Gasteiger partial charge in [0.1, 0.15) is 0 Å². The summed E-state index contributed by atoms with van der Waals surface area (Å²) in [5, 5.41) is 0. The zero-order chi connectivity index (χ0) is 14.7. The molecule has 0 heterocycles. The third-order valence-corrected chi connectivity index (χ3v) is 2.35. The fourth-order valence-corrected chi connectivity index (χ4v) is 1.48. The minimum atomic E-state index is -4.88. The molecule has 0 saturated carbocycles. The molecule has 0 aliphatic rings. The van der Waals surface area contributed by atoms with Crippen molar-refractivity contribution in [3.8, 4) is 11.8 Å². The minimum absolute atomic E-state index is 0.104. The van der Waals surface area contributed by atoms with Crippen LogP contribution in [0.1, 0.15) is 23.1 Å². The van der Waals surface area contributed by atoms with Crippen LogP contribution in [0.15, 0.2) is 18.2 Å². The van der Waals surface area contributed by atoms with Gasteiger partial charge in [0.05, 0.1) is 11.1 Å². The summed E-state index contributed by atoms with van der Waals surface area (Å²) in [6.45, 7) is 0. The first-order valence-corrected chi connectivity index (χ1v) is 5.68. The van der Waals surface area contributed by atoms with Crippen molar-refractivity contribution in [1.82, 2.24) is 0 Å². The van der Waals surface area contributed by atoms with Crippen molar-refractivity contribution >= 4 is 12.6 Å². The average molecular weight is 298 g/mol. The molecular weight excluding hydrogens is 290 g/mol. The van der Waals surface area contributed by atoms with Gasteiger partial charge in [-0.2, -0.15) is 39.0 Å². The molecule has 1 aromatic rings. The third kappa shape index (κ3) is 4.10. The van der Waals surface area contributed by atoms with Crippen molar-refractivity contribution in [3.05, 3.63) is 34.9 Å². The Morgan fingerprint density at radius 3 is 1.79 bits per heavy atom. The van der Waals surface area contributed by atoms with Crippen molar-refractivity contribution in [2.24, 2.45) is 0 Å². The molecule has 0 bridgehead atoms. The van der Waals surface area contributed by atoms with E-state index in [1.165, 1.54) is 0 Å². The number of hydrogen-bond acceptors (Lipinski definition) is 1. The van der Waals surface area contributed by atoms with Gasteiger partial charge in [0.25, 0.3) is 0 Å². The predicted molar refractivity (Wildman–Crippen MR) is 61.8 cm³/mol. The molecule has 104 valence electrons. The van der Waals surface area contributed by atoms with Crippen molar-refractivity contribution in [1.29, 1.82) is 0 Å². The largest absolute Gasteiger partial charge is 0.417 e. The van der Waals surface area contributed by atoms with Gasteiger partial charge in [-0.15, -0.1) is 0 Å². The number of halogens is 6. The van der Waals surface area contributed by atoms with Crippen LogP contribution in [-0.2, 0) is 12.4 Å². The topological polar surface area (TPSA) is 0 Å². The van der Waals surface area contributed by atoms with Gasteiger partial charge < -0.3 is 0 Å². The Morgan fingerprint density at radius 1 is 0.947 bits per heavy atom. The molecule has 0 N–H and O–H groups in total. The number of rotatable bonds is 1. The first kappa shape index (κ1) is 15.8. The summed E-state index contributed by atoms with van der Waals surface area (Å²) in [6.07, 6.45) is -9.66. The molecular formula is C12H8F6S. The number of alkyl halides is 6. The van der Waals surface area contributed by atoms with E-state index in [0.29, 0.717) is 12.1 Å². The summed E-state index contributed by atoms with van der Waals surface area (Å²) in [5.41, 5.74) is -3.80. The van der Waals surface area contributed by atoms with Crippen LogP contribution in [0.4, 0.5) is 26.3 Å². The maximum Gasteiger partial charge on any atom is 0.417 e. The SMILES string of the molecule is FC(F)(F)c1cccc(C(F)(F)F)c1C#CCCS. The lowest BCUT2D eigenvalue weighted by molar-refractivity contribution is -0.143. The molecule has 19 heavy (non-hydrogen) atoms. The second kappa shape index (κ2) is 5.78. The summed E-state index contributed by atoms with van der Waals surface area (Å²) < 4.78 is 76.1. The Labute approximate surface area is 111 Å². The van der Waals surface area contributed by atoms with E-state index in [9.17, 15) is 26.3 Å². The minimum Gasteiger partial charge on any atom is -0.178 e. The zero-order valence-corrected chi connectivity index (χ0v) is 10.3. The van der Waals surface area contributed by atoms with Gasteiger partial charge in [0.15, 0.2) is 0 Å². The molecule has 0 amide bonds. The van der Waals surface area contributed by atoms with Crippen LogP contribution in [0.5, 0.6) is 0 Å². The quantitative estimate of drug-likeness (QED) is 0.443. The number of thiol groups is 1. The fraction of sp³-hybridized carbons (Fsp3) is 0.333. The average Bonchev–Trinajstić information content (AvgIpc) is 2.26. The number of benzene rings is 1. The monoisotopic (exact) mass is 298 g/mol. The van der Waals surface area contributed by atoms with Gasteiger partial charge in [-0.3, -0.25) is 0 Å². The third-order valence-electron chi connectivity index (χ3n) is 2.13. The fourth-order valence-electron chi connectivity index (χ4n) is 1.37. The van der Waals surface area contributed by atoms with E-state index < -0.39 is 29.0 Å². The Balaban J connectivity index is 3.47. The van der Waals surface area contributed by atoms with Crippen LogP contribution in [0.2, 0.25) is 0 Å². The van der Waals surface area contributed by atoms with Crippen LogP contribution in [-0.4, -0.2) is 5.75 Å². The second-order valence-corrected chi connectivity index (χ2v) is 3.95. The van der Waals surface area contributed by atoms with E-state index in [1.54, 1.807) is 0 Å². The lowest BCUT2D eigenvalue weighted by Gasteiger charge is -2.14. The lowest BCUT2D eigenvalue weighted by Crippen LogP contribution is -2.14. The van der Waals surface area contributed by atoms with Gasteiger partial charge in [0.2, 0.25) is 0 Å². The second-order valence-electron chi connectivity index (χ2n) is 3.50. The van der Waals surface area contributed by atoms with E-state index in [-0.39, 0.29) is 12.2 Å². The van der Waals surface area contributed by atoms with Crippen LogP contribution < -0.4 is 0 Å². The maximum atomic E-state index is 12.7. The predicted octanol–water partition coefficient (Wildman–Crippen LogP) is 4.40. The smallest absolute Gasteiger partial charge is 0.178 e. The molecule has 0 fully saturated rings. The summed E-state index contributed by atoms with van der Waals surface area (Å²) in [7, 11) is 0. The Kier molecular flexibility index (Phi) is 4.80.